The first-order valence-corrected chi connectivity index (χ1v) is 6.61. The number of rotatable bonds is 5. The lowest BCUT2D eigenvalue weighted by atomic mass is 10.4. The highest BCUT2D eigenvalue weighted by Gasteiger charge is 2.20. The molecule has 0 amide bonds. The third-order valence-electron chi connectivity index (χ3n) is 2.84. The Kier molecular flexibility index (Phi) is 3.94. The summed E-state index contributed by atoms with van der Waals surface area (Å²) in [6, 6.07) is 0. The highest BCUT2D eigenvalue weighted by molar-refractivity contribution is 7.99. The Morgan fingerprint density at radius 1 is 1.23 bits per heavy atom. The van der Waals surface area contributed by atoms with Gasteiger partial charge in [-0.15, -0.1) is 0 Å². The Labute approximate surface area is 85.4 Å². The van der Waals surface area contributed by atoms with E-state index in [1.165, 1.54) is 57.1 Å². The van der Waals surface area contributed by atoms with Crippen LogP contribution in [0.4, 0.5) is 0 Å². The van der Waals surface area contributed by atoms with E-state index in [0.717, 1.165) is 5.92 Å². The molecule has 1 aliphatic carbocycles. The van der Waals surface area contributed by atoms with Gasteiger partial charge in [-0.1, -0.05) is 0 Å². The van der Waals surface area contributed by atoms with E-state index >= 15 is 0 Å². The predicted octanol–water partition coefficient (Wildman–Crippen LogP) is 1.03. The molecule has 0 radical (unpaired) electrons. The van der Waals surface area contributed by atoms with Gasteiger partial charge in [-0.05, 0) is 25.3 Å². The first kappa shape index (κ1) is 9.81. The van der Waals surface area contributed by atoms with Crippen molar-refractivity contribution in [2.45, 2.75) is 12.8 Å². The van der Waals surface area contributed by atoms with Crippen LogP contribution in [0.3, 0.4) is 0 Å². The lowest BCUT2D eigenvalue weighted by molar-refractivity contribution is 0.301. The smallest absolute Gasteiger partial charge is 0.0107 e. The van der Waals surface area contributed by atoms with E-state index in [2.05, 4.69) is 22.0 Å². The van der Waals surface area contributed by atoms with Crippen LogP contribution in [0.1, 0.15) is 12.8 Å². The minimum Gasteiger partial charge on any atom is -0.315 e. The second-order valence-electron chi connectivity index (χ2n) is 4.10. The Hall–Kier alpha value is 0.270. The van der Waals surface area contributed by atoms with E-state index in [1.54, 1.807) is 0 Å². The molecule has 2 nitrogen and oxygen atoms in total. The molecule has 0 unspecified atom stereocenters. The minimum atomic E-state index is 1.02. The number of hydrogen-bond donors (Lipinski definition) is 1. The first-order chi connectivity index (χ1) is 6.45. The van der Waals surface area contributed by atoms with Crippen molar-refractivity contribution in [3.63, 3.8) is 0 Å². The van der Waals surface area contributed by atoms with Crippen molar-refractivity contribution in [2.75, 3.05) is 44.2 Å². The molecule has 0 bridgehead atoms. The Morgan fingerprint density at radius 3 is 2.69 bits per heavy atom. The van der Waals surface area contributed by atoms with Gasteiger partial charge in [0, 0.05) is 37.7 Å². The van der Waals surface area contributed by atoms with Gasteiger partial charge in [0.1, 0.15) is 0 Å². The van der Waals surface area contributed by atoms with Crippen molar-refractivity contribution in [2.24, 2.45) is 5.92 Å². The Balaban J connectivity index is 1.46. The molecule has 1 heterocycles. The summed E-state index contributed by atoms with van der Waals surface area (Å²) in [5, 5.41) is 3.55. The third kappa shape index (κ3) is 3.88. The zero-order valence-electron chi connectivity index (χ0n) is 8.30. The maximum absolute atomic E-state index is 3.55. The molecule has 1 aliphatic heterocycles. The van der Waals surface area contributed by atoms with Crippen LogP contribution in [0.5, 0.6) is 0 Å². The molecular weight excluding hydrogens is 180 g/mol. The van der Waals surface area contributed by atoms with E-state index in [0.29, 0.717) is 0 Å². The molecule has 0 aromatic rings. The maximum atomic E-state index is 3.55. The molecule has 1 N–H and O–H groups in total. The zero-order chi connectivity index (χ0) is 8.93. The summed E-state index contributed by atoms with van der Waals surface area (Å²) in [6.07, 6.45) is 2.93. The van der Waals surface area contributed by atoms with Crippen LogP contribution >= 0.6 is 11.8 Å². The molecule has 13 heavy (non-hydrogen) atoms. The largest absolute Gasteiger partial charge is 0.315 e. The van der Waals surface area contributed by atoms with Gasteiger partial charge in [-0.2, -0.15) is 11.8 Å². The van der Waals surface area contributed by atoms with Gasteiger partial charge in [-0.3, -0.25) is 0 Å². The van der Waals surface area contributed by atoms with Crippen LogP contribution in [-0.4, -0.2) is 49.1 Å². The summed E-state index contributed by atoms with van der Waals surface area (Å²) in [5.74, 6) is 3.70. The van der Waals surface area contributed by atoms with E-state index < -0.39 is 0 Å². The fraction of sp³-hybridized carbons (Fsp3) is 1.00. The normalized spacial score (nSPS) is 24.9. The summed E-state index contributed by atoms with van der Waals surface area (Å²) < 4.78 is 0. The van der Waals surface area contributed by atoms with E-state index in [1.807, 2.05) is 0 Å². The van der Waals surface area contributed by atoms with Crippen molar-refractivity contribution in [3.8, 4) is 0 Å². The highest BCUT2D eigenvalue weighted by atomic mass is 32.2. The number of thioether (sulfide) groups is 1. The summed E-state index contributed by atoms with van der Waals surface area (Å²) >= 11 is 2.09. The van der Waals surface area contributed by atoms with Gasteiger partial charge in [-0.25, -0.2) is 0 Å². The molecule has 0 atom stereocenters. The minimum absolute atomic E-state index is 1.02. The zero-order valence-corrected chi connectivity index (χ0v) is 9.11. The molecule has 1 saturated heterocycles. The molecule has 2 fully saturated rings. The number of hydrogen-bond acceptors (Lipinski definition) is 3. The molecule has 0 spiro atoms. The topological polar surface area (TPSA) is 15.3 Å². The van der Waals surface area contributed by atoms with Gasteiger partial charge in [0.2, 0.25) is 0 Å². The molecule has 0 aromatic heterocycles. The average Bonchev–Trinajstić information content (AvgIpc) is 2.98. The van der Waals surface area contributed by atoms with Crippen LogP contribution in [0.2, 0.25) is 0 Å². The van der Waals surface area contributed by atoms with Gasteiger partial charge in [0.15, 0.2) is 0 Å². The van der Waals surface area contributed by atoms with Gasteiger partial charge < -0.3 is 10.2 Å². The van der Waals surface area contributed by atoms with Gasteiger partial charge in [0.05, 0.1) is 0 Å². The summed E-state index contributed by atoms with van der Waals surface area (Å²) in [7, 11) is 0. The highest BCUT2D eigenvalue weighted by Crippen LogP contribution is 2.27. The Morgan fingerprint density at radius 2 is 2.00 bits per heavy atom. The van der Waals surface area contributed by atoms with Crippen LogP contribution in [0.15, 0.2) is 0 Å². The SMILES string of the molecule is C(CN1CCSCC1)NCC1CC1. The summed E-state index contributed by atoms with van der Waals surface area (Å²) in [5.41, 5.74) is 0. The molecule has 76 valence electrons. The van der Waals surface area contributed by atoms with Crippen molar-refractivity contribution >= 4 is 11.8 Å². The van der Waals surface area contributed by atoms with Crippen molar-refractivity contribution < 1.29 is 0 Å². The second-order valence-corrected chi connectivity index (χ2v) is 5.33. The molecular formula is C10H20N2S. The van der Waals surface area contributed by atoms with Gasteiger partial charge >= 0.3 is 0 Å². The fourth-order valence-electron chi connectivity index (χ4n) is 1.69. The van der Waals surface area contributed by atoms with E-state index in [4.69, 9.17) is 0 Å². The standard InChI is InChI=1S/C10H20N2S/c1-2-10(1)9-11-3-4-12-5-7-13-8-6-12/h10-11H,1-9H2. The fourth-order valence-corrected chi connectivity index (χ4v) is 2.67. The third-order valence-corrected chi connectivity index (χ3v) is 3.78. The van der Waals surface area contributed by atoms with Crippen LogP contribution in [0.25, 0.3) is 0 Å². The molecule has 0 aromatic carbocycles. The van der Waals surface area contributed by atoms with Crippen LogP contribution < -0.4 is 5.32 Å². The molecule has 2 rings (SSSR count). The van der Waals surface area contributed by atoms with Crippen LogP contribution in [-0.2, 0) is 0 Å². The quantitative estimate of drug-likeness (QED) is 0.668. The lowest BCUT2D eigenvalue weighted by Gasteiger charge is -2.26. The molecule has 2 aliphatic rings. The van der Waals surface area contributed by atoms with Crippen molar-refractivity contribution in [3.05, 3.63) is 0 Å². The van der Waals surface area contributed by atoms with E-state index in [-0.39, 0.29) is 0 Å². The monoisotopic (exact) mass is 200 g/mol. The summed E-state index contributed by atoms with van der Waals surface area (Å²) in [6.45, 7) is 6.32. The average molecular weight is 200 g/mol. The summed E-state index contributed by atoms with van der Waals surface area (Å²) in [4.78, 5) is 2.58. The predicted molar refractivity (Wildman–Crippen MR) is 59.4 cm³/mol. The second kappa shape index (κ2) is 5.23. The number of nitrogens with zero attached hydrogens (tertiary/aromatic N) is 1. The van der Waals surface area contributed by atoms with Crippen LogP contribution in [0, 0.1) is 5.92 Å². The number of nitrogens with one attached hydrogen (secondary N) is 1. The van der Waals surface area contributed by atoms with Gasteiger partial charge in [0.25, 0.3) is 0 Å². The first-order valence-electron chi connectivity index (χ1n) is 5.46. The Bertz CT molecular complexity index is 142. The lowest BCUT2D eigenvalue weighted by Crippen LogP contribution is -2.38. The van der Waals surface area contributed by atoms with E-state index in [9.17, 15) is 0 Å². The van der Waals surface area contributed by atoms with Crippen molar-refractivity contribution in [1.82, 2.24) is 10.2 Å². The maximum Gasteiger partial charge on any atom is 0.0107 e. The molecule has 1 saturated carbocycles. The van der Waals surface area contributed by atoms with Crippen molar-refractivity contribution in [1.29, 1.82) is 0 Å². The molecule has 3 heteroatoms.